The van der Waals surface area contributed by atoms with E-state index in [0.717, 1.165) is 20.8 Å². The van der Waals surface area contributed by atoms with Crippen molar-refractivity contribution in [2.45, 2.75) is 52.2 Å². The molecule has 0 aliphatic carbocycles. The van der Waals surface area contributed by atoms with Crippen LogP contribution in [0.5, 0.6) is 0 Å². The topological polar surface area (TPSA) is 84.4 Å². The molecule has 2 heterocycles. The number of aromatic nitrogens is 2. The number of benzene rings is 1. The molecule has 0 atom stereocenters. The first-order valence-electron chi connectivity index (χ1n) is 10.8. The van der Waals surface area contributed by atoms with E-state index in [9.17, 15) is 9.59 Å². The van der Waals surface area contributed by atoms with Crippen LogP contribution in [0.15, 0.2) is 48.8 Å². The van der Waals surface area contributed by atoms with Crippen LogP contribution in [0.2, 0.25) is 0 Å². The second-order valence-corrected chi connectivity index (χ2v) is 9.66. The van der Waals surface area contributed by atoms with Crippen molar-refractivity contribution < 1.29 is 14.3 Å². The number of para-hydroxylation sites is 1. The molecule has 0 aliphatic heterocycles. The standard InChI is InChI=1S/C24H30N4O3S/c1-24(2,3)31-23(30)28(17-18-8-6-13-25-16-18)15-7-14-26-21(29)11-12-22-27-19-9-4-5-10-20(19)32-22/h4-6,8-10,13,16H,7,11-12,14-15,17H2,1-3H3,(H,26,29). The minimum Gasteiger partial charge on any atom is -0.444 e. The van der Waals surface area contributed by atoms with Gasteiger partial charge < -0.3 is 15.0 Å². The van der Waals surface area contributed by atoms with Crippen LogP contribution in [0, 0.1) is 0 Å². The van der Waals surface area contributed by atoms with Crippen molar-refractivity contribution in [2.75, 3.05) is 13.1 Å². The number of rotatable bonds is 9. The molecule has 8 heteroatoms. The fraction of sp³-hybridized carbons (Fsp3) is 0.417. The van der Waals surface area contributed by atoms with E-state index in [4.69, 9.17) is 4.74 Å². The summed E-state index contributed by atoms with van der Waals surface area (Å²) in [5.41, 5.74) is 1.33. The van der Waals surface area contributed by atoms with Gasteiger partial charge in [-0.1, -0.05) is 18.2 Å². The normalized spacial score (nSPS) is 11.3. The molecule has 0 aliphatic rings. The summed E-state index contributed by atoms with van der Waals surface area (Å²) in [6.45, 7) is 6.91. The first-order chi connectivity index (χ1) is 15.3. The number of carbonyl (C=O) groups is 2. The van der Waals surface area contributed by atoms with Crippen molar-refractivity contribution in [1.82, 2.24) is 20.2 Å². The predicted molar refractivity (Wildman–Crippen MR) is 126 cm³/mol. The summed E-state index contributed by atoms with van der Waals surface area (Å²) in [4.78, 5) is 35.2. The van der Waals surface area contributed by atoms with Crippen molar-refractivity contribution in [1.29, 1.82) is 0 Å². The number of aryl methyl sites for hydroxylation is 1. The molecule has 1 aromatic carbocycles. The lowest BCUT2D eigenvalue weighted by Gasteiger charge is -2.27. The summed E-state index contributed by atoms with van der Waals surface area (Å²) < 4.78 is 6.67. The quantitative estimate of drug-likeness (QED) is 0.479. The van der Waals surface area contributed by atoms with Crippen molar-refractivity contribution in [3.63, 3.8) is 0 Å². The summed E-state index contributed by atoms with van der Waals surface area (Å²) in [5.74, 6) is -0.0136. The van der Waals surface area contributed by atoms with E-state index in [0.29, 0.717) is 38.9 Å². The number of pyridine rings is 1. The van der Waals surface area contributed by atoms with Gasteiger partial charge in [-0.25, -0.2) is 9.78 Å². The maximum Gasteiger partial charge on any atom is 0.410 e. The Labute approximate surface area is 192 Å². The molecule has 0 fully saturated rings. The van der Waals surface area contributed by atoms with E-state index in [1.807, 2.05) is 57.2 Å². The monoisotopic (exact) mass is 454 g/mol. The fourth-order valence-electron chi connectivity index (χ4n) is 3.11. The van der Waals surface area contributed by atoms with Crippen LogP contribution in [0.3, 0.4) is 0 Å². The van der Waals surface area contributed by atoms with E-state index in [1.54, 1.807) is 28.6 Å². The van der Waals surface area contributed by atoms with E-state index in [-0.39, 0.29) is 12.0 Å². The number of fused-ring (bicyclic) bond motifs is 1. The number of nitrogens with one attached hydrogen (secondary N) is 1. The third-order valence-corrected chi connectivity index (χ3v) is 5.68. The number of thiazole rings is 1. The van der Waals surface area contributed by atoms with Gasteiger partial charge in [0, 0.05) is 38.3 Å². The first-order valence-corrected chi connectivity index (χ1v) is 11.6. The minimum absolute atomic E-state index is 0.0136. The summed E-state index contributed by atoms with van der Waals surface area (Å²) >= 11 is 1.63. The molecular weight excluding hydrogens is 424 g/mol. The molecule has 1 N–H and O–H groups in total. The second-order valence-electron chi connectivity index (χ2n) is 8.54. The summed E-state index contributed by atoms with van der Waals surface area (Å²) in [7, 11) is 0. The number of hydrogen-bond donors (Lipinski definition) is 1. The summed E-state index contributed by atoms with van der Waals surface area (Å²) in [6.07, 6.45) is 4.71. The Morgan fingerprint density at radius 1 is 1.16 bits per heavy atom. The second kappa shape index (κ2) is 11.0. The third kappa shape index (κ3) is 7.60. The van der Waals surface area contributed by atoms with Gasteiger partial charge in [0.05, 0.1) is 21.8 Å². The van der Waals surface area contributed by atoms with Crippen LogP contribution < -0.4 is 5.32 Å². The number of ether oxygens (including phenoxy) is 1. The number of carbonyl (C=O) groups excluding carboxylic acids is 2. The van der Waals surface area contributed by atoms with Crippen molar-refractivity contribution in [3.8, 4) is 0 Å². The Hall–Kier alpha value is -3.00. The lowest BCUT2D eigenvalue weighted by Crippen LogP contribution is -2.38. The predicted octanol–water partition coefficient (Wildman–Crippen LogP) is 4.57. The molecule has 3 aromatic rings. The van der Waals surface area contributed by atoms with E-state index < -0.39 is 5.60 Å². The Balaban J connectivity index is 1.44. The van der Waals surface area contributed by atoms with Gasteiger partial charge in [0.1, 0.15) is 5.60 Å². The highest BCUT2D eigenvalue weighted by molar-refractivity contribution is 7.18. The molecule has 0 bridgehead atoms. The molecule has 0 radical (unpaired) electrons. The van der Waals surface area contributed by atoms with Crippen LogP contribution in [0.25, 0.3) is 10.2 Å². The van der Waals surface area contributed by atoms with E-state index in [1.165, 1.54) is 0 Å². The molecular formula is C24H30N4O3S. The summed E-state index contributed by atoms with van der Waals surface area (Å²) in [6, 6.07) is 11.7. The average Bonchev–Trinajstić information content (AvgIpc) is 3.17. The lowest BCUT2D eigenvalue weighted by molar-refractivity contribution is -0.121. The minimum atomic E-state index is -0.570. The molecule has 2 aromatic heterocycles. The Bertz CT molecular complexity index is 997. The highest BCUT2D eigenvalue weighted by atomic mass is 32.1. The highest BCUT2D eigenvalue weighted by Crippen LogP contribution is 2.22. The van der Waals surface area contributed by atoms with Gasteiger partial charge in [-0.05, 0) is 51.0 Å². The van der Waals surface area contributed by atoms with Crippen LogP contribution in [-0.2, 0) is 22.5 Å². The number of nitrogens with zero attached hydrogens (tertiary/aromatic N) is 3. The Morgan fingerprint density at radius 2 is 1.97 bits per heavy atom. The maximum atomic E-state index is 12.6. The Morgan fingerprint density at radius 3 is 2.69 bits per heavy atom. The number of hydrogen-bond acceptors (Lipinski definition) is 6. The number of amides is 2. The van der Waals surface area contributed by atoms with Crippen LogP contribution >= 0.6 is 11.3 Å². The van der Waals surface area contributed by atoms with Gasteiger partial charge in [0.2, 0.25) is 5.91 Å². The Kier molecular flexibility index (Phi) is 8.16. The van der Waals surface area contributed by atoms with Gasteiger partial charge >= 0.3 is 6.09 Å². The van der Waals surface area contributed by atoms with E-state index >= 15 is 0 Å². The molecule has 2 amide bonds. The largest absolute Gasteiger partial charge is 0.444 e. The van der Waals surface area contributed by atoms with Crippen LogP contribution in [0.1, 0.15) is 44.2 Å². The fourth-order valence-corrected chi connectivity index (χ4v) is 4.07. The van der Waals surface area contributed by atoms with Crippen molar-refractivity contribution in [2.24, 2.45) is 0 Å². The third-order valence-electron chi connectivity index (χ3n) is 4.58. The average molecular weight is 455 g/mol. The van der Waals surface area contributed by atoms with Crippen molar-refractivity contribution in [3.05, 3.63) is 59.4 Å². The van der Waals surface area contributed by atoms with Crippen LogP contribution in [0.4, 0.5) is 4.79 Å². The lowest BCUT2D eigenvalue weighted by atomic mass is 10.2. The zero-order valence-corrected chi connectivity index (χ0v) is 19.7. The van der Waals surface area contributed by atoms with Gasteiger partial charge in [-0.3, -0.25) is 9.78 Å². The van der Waals surface area contributed by atoms with Crippen LogP contribution in [-0.4, -0.2) is 45.6 Å². The molecule has 32 heavy (non-hydrogen) atoms. The summed E-state index contributed by atoms with van der Waals surface area (Å²) in [5, 5.41) is 3.91. The molecule has 3 rings (SSSR count). The zero-order chi connectivity index (χ0) is 23.0. The maximum absolute atomic E-state index is 12.6. The van der Waals surface area contributed by atoms with Gasteiger partial charge in [-0.2, -0.15) is 0 Å². The molecule has 0 saturated heterocycles. The molecule has 7 nitrogen and oxygen atoms in total. The first kappa shape index (κ1) is 23.7. The van der Waals surface area contributed by atoms with Gasteiger partial charge in [-0.15, -0.1) is 11.3 Å². The molecule has 0 unspecified atom stereocenters. The van der Waals surface area contributed by atoms with E-state index in [2.05, 4.69) is 15.3 Å². The smallest absolute Gasteiger partial charge is 0.410 e. The van der Waals surface area contributed by atoms with Gasteiger partial charge in [0.25, 0.3) is 0 Å². The van der Waals surface area contributed by atoms with Gasteiger partial charge in [0.15, 0.2) is 0 Å². The zero-order valence-electron chi connectivity index (χ0n) is 18.8. The SMILES string of the molecule is CC(C)(C)OC(=O)N(CCCNC(=O)CCc1nc2ccccc2s1)Cc1cccnc1. The molecule has 170 valence electrons. The highest BCUT2D eigenvalue weighted by Gasteiger charge is 2.22. The van der Waals surface area contributed by atoms with Crippen molar-refractivity contribution >= 4 is 33.6 Å². The molecule has 0 spiro atoms. The molecule has 0 saturated carbocycles.